The molecular weight excluding hydrogens is 438 g/mol. The minimum absolute atomic E-state index is 0.127. The van der Waals surface area contributed by atoms with Crippen LogP contribution in [-0.2, 0) is 9.53 Å². The highest BCUT2D eigenvalue weighted by Crippen LogP contribution is 2.56. The number of rotatable bonds is 4. The fourth-order valence-corrected chi connectivity index (χ4v) is 5.41. The number of benzene rings is 3. The number of hydrogen-bond acceptors (Lipinski definition) is 8. The Morgan fingerprint density at radius 3 is 2.44 bits per heavy atom. The van der Waals surface area contributed by atoms with Gasteiger partial charge in [-0.25, -0.2) is 0 Å². The highest BCUT2D eigenvalue weighted by molar-refractivity contribution is 5.79. The number of cyclic esters (lactones) is 1. The molecule has 174 valence electrons. The van der Waals surface area contributed by atoms with Gasteiger partial charge in [-0.1, -0.05) is 18.2 Å². The predicted molar refractivity (Wildman–Crippen MR) is 121 cm³/mol. The van der Waals surface area contributed by atoms with E-state index in [1.54, 1.807) is 6.07 Å². The van der Waals surface area contributed by atoms with Crippen molar-refractivity contribution in [3.8, 4) is 28.7 Å². The van der Waals surface area contributed by atoms with Crippen LogP contribution in [0.25, 0.3) is 0 Å². The molecule has 0 bridgehead atoms. The van der Waals surface area contributed by atoms with E-state index in [1.165, 1.54) is 13.2 Å². The van der Waals surface area contributed by atoms with Gasteiger partial charge in [0.2, 0.25) is 12.5 Å². The Morgan fingerprint density at radius 1 is 0.971 bits per heavy atom. The van der Waals surface area contributed by atoms with Gasteiger partial charge >= 0.3 is 5.97 Å². The summed E-state index contributed by atoms with van der Waals surface area (Å²) in [6.07, 6.45) is 0. The number of para-hydroxylation sites is 1. The molecule has 8 nitrogen and oxygen atoms in total. The van der Waals surface area contributed by atoms with Crippen LogP contribution in [0.5, 0.6) is 28.7 Å². The van der Waals surface area contributed by atoms with Gasteiger partial charge in [-0.05, 0) is 53.1 Å². The molecule has 1 aliphatic carbocycles. The van der Waals surface area contributed by atoms with Crippen molar-refractivity contribution in [3.63, 3.8) is 0 Å². The maximum absolute atomic E-state index is 13.1. The van der Waals surface area contributed by atoms with Gasteiger partial charge in [-0.3, -0.25) is 4.79 Å². The smallest absolute Gasteiger partial charge is 0.310 e. The Balaban J connectivity index is 1.56. The first-order chi connectivity index (χ1) is 16.5. The summed E-state index contributed by atoms with van der Waals surface area (Å²) in [5, 5.41) is 24.2. The number of carbonyl (C=O) groups excluding carboxylic acids is 1. The molecule has 0 unspecified atom stereocenters. The largest absolute Gasteiger partial charge is 0.504 e. The first-order valence-corrected chi connectivity index (χ1v) is 11.1. The molecule has 0 radical (unpaired) electrons. The van der Waals surface area contributed by atoms with Gasteiger partial charge < -0.3 is 34.5 Å². The minimum Gasteiger partial charge on any atom is -0.504 e. The lowest BCUT2D eigenvalue weighted by Crippen LogP contribution is -2.37. The van der Waals surface area contributed by atoms with Gasteiger partial charge in [-0.2, -0.15) is 0 Å². The fraction of sp³-hybridized carbons (Fsp3) is 0.269. The molecule has 3 N–H and O–H groups in total. The lowest BCUT2D eigenvalue weighted by molar-refractivity contribution is -0.141. The van der Waals surface area contributed by atoms with Crippen LogP contribution in [0.15, 0.2) is 54.6 Å². The number of fused-ring (bicyclic) bond motifs is 3. The Kier molecular flexibility index (Phi) is 4.69. The summed E-state index contributed by atoms with van der Waals surface area (Å²) in [4.78, 5) is 13.1. The molecule has 0 amide bonds. The monoisotopic (exact) mass is 461 g/mol. The maximum atomic E-state index is 13.1. The summed E-state index contributed by atoms with van der Waals surface area (Å²) in [5.74, 6) is -0.719. The molecule has 1 saturated heterocycles. The lowest BCUT2D eigenvalue weighted by Gasteiger charge is -2.40. The zero-order valence-electron chi connectivity index (χ0n) is 18.4. The summed E-state index contributed by atoms with van der Waals surface area (Å²) in [7, 11) is 1.41. The van der Waals surface area contributed by atoms with Gasteiger partial charge in [0, 0.05) is 17.5 Å². The Labute approximate surface area is 195 Å². The van der Waals surface area contributed by atoms with Crippen LogP contribution in [0, 0.1) is 11.8 Å². The second-order valence-electron chi connectivity index (χ2n) is 8.71. The number of carbonyl (C=O) groups is 1. The quantitative estimate of drug-likeness (QED) is 0.397. The van der Waals surface area contributed by atoms with Gasteiger partial charge in [0.05, 0.1) is 25.7 Å². The number of ether oxygens (including phenoxy) is 4. The molecule has 3 aromatic rings. The fourth-order valence-electron chi connectivity index (χ4n) is 5.41. The zero-order chi connectivity index (χ0) is 23.4. The highest BCUT2D eigenvalue weighted by Gasteiger charge is 2.52. The van der Waals surface area contributed by atoms with Crippen molar-refractivity contribution < 1.29 is 34.0 Å². The van der Waals surface area contributed by atoms with Crippen LogP contribution >= 0.6 is 0 Å². The van der Waals surface area contributed by atoms with Crippen molar-refractivity contribution in [2.24, 2.45) is 11.8 Å². The van der Waals surface area contributed by atoms with Crippen molar-refractivity contribution in [1.82, 2.24) is 0 Å². The predicted octanol–water partition coefficient (Wildman–Crippen LogP) is 3.92. The summed E-state index contributed by atoms with van der Waals surface area (Å²) >= 11 is 0. The second kappa shape index (κ2) is 7.76. The number of methoxy groups -OCH3 is 1. The normalized spacial score (nSPS) is 24.2. The van der Waals surface area contributed by atoms with E-state index in [2.05, 4.69) is 5.32 Å². The first kappa shape index (κ1) is 20.5. The zero-order valence-corrected chi connectivity index (χ0v) is 18.4. The SMILES string of the molecule is COc1cc([C@@H]2c3cc4c(cc3[C@@H](Nc3ccccc3)[C@H]3COC(=O)[C@H]23)OCO4)cc(O)c1O. The molecule has 0 spiro atoms. The summed E-state index contributed by atoms with van der Waals surface area (Å²) in [6, 6.07) is 16.6. The van der Waals surface area contributed by atoms with E-state index in [1.807, 2.05) is 42.5 Å². The molecule has 2 heterocycles. The molecule has 8 heteroatoms. The van der Waals surface area contributed by atoms with Crippen LogP contribution in [0.2, 0.25) is 0 Å². The van der Waals surface area contributed by atoms with Gasteiger partial charge in [0.15, 0.2) is 23.0 Å². The standard InChI is InChI=1S/C26H23NO7/c1-31-21-8-13(7-18(28)25(21)29)22-15-9-19-20(34-12-33-19)10-16(15)24(17-11-32-26(30)23(17)22)27-14-5-3-2-4-6-14/h2-10,17,22-24,27-29H,11-12H2,1H3/t17-,22+,23-,24+/m0/s1. The van der Waals surface area contributed by atoms with Crippen molar-refractivity contribution >= 4 is 11.7 Å². The maximum Gasteiger partial charge on any atom is 0.310 e. The third-order valence-electron chi connectivity index (χ3n) is 6.94. The topological polar surface area (TPSA) is 106 Å². The van der Waals surface area contributed by atoms with Crippen LogP contribution < -0.4 is 19.5 Å². The number of anilines is 1. The van der Waals surface area contributed by atoms with E-state index in [0.29, 0.717) is 17.1 Å². The van der Waals surface area contributed by atoms with E-state index in [-0.39, 0.29) is 48.6 Å². The number of hydrogen-bond donors (Lipinski definition) is 3. The third-order valence-corrected chi connectivity index (χ3v) is 6.94. The molecule has 1 fully saturated rings. The van der Waals surface area contributed by atoms with Crippen molar-refractivity contribution in [3.05, 3.63) is 71.3 Å². The summed E-state index contributed by atoms with van der Waals surface area (Å²) in [6.45, 7) is 0.391. The molecule has 3 aliphatic rings. The molecule has 34 heavy (non-hydrogen) atoms. The molecule has 0 aromatic heterocycles. The van der Waals surface area contributed by atoms with Crippen molar-refractivity contribution in [2.75, 3.05) is 25.8 Å². The van der Waals surface area contributed by atoms with Crippen LogP contribution in [-0.4, -0.2) is 36.7 Å². The molecule has 4 atom stereocenters. The van der Waals surface area contributed by atoms with E-state index >= 15 is 0 Å². The summed E-state index contributed by atoms with van der Waals surface area (Å²) in [5.41, 5.74) is 3.39. The molecular formula is C26H23NO7. The second-order valence-corrected chi connectivity index (χ2v) is 8.71. The van der Waals surface area contributed by atoms with Gasteiger partial charge in [-0.15, -0.1) is 0 Å². The Morgan fingerprint density at radius 2 is 1.71 bits per heavy atom. The number of aromatic hydroxyl groups is 2. The lowest BCUT2D eigenvalue weighted by atomic mass is 9.65. The van der Waals surface area contributed by atoms with E-state index < -0.39 is 11.8 Å². The first-order valence-electron chi connectivity index (χ1n) is 11.1. The number of esters is 1. The Bertz CT molecular complexity index is 1280. The molecule has 6 rings (SSSR count). The van der Waals surface area contributed by atoms with E-state index in [4.69, 9.17) is 18.9 Å². The van der Waals surface area contributed by atoms with Crippen LogP contribution in [0.3, 0.4) is 0 Å². The number of phenols is 2. The number of phenolic OH excluding ortho intramolecular Hbond substituents is 2. The minimum atomic E-state index is -0.511. The average Bonchev–Trinajstić information content (AvgIpc) is 3.47. The van der Waals surface area contributed by atoms with Gasteiger partial charge in [0.1, 0.15) is 0 Å². The van der Waals surface area contributed by atoms with Crippen molar-refractivity contribution in [1.29, 1.82) is 0 Å². The van der Waals surface area contributed by atoms with Gasteiger partial charge in [0.25, 0.3) is 0 Å². The summed E-state index contributed by atoms with van der Waals surface area (Å²) < 4.78 is 22.2. The Hall–Kier alpha value is -4.07. The van der Waals surface area contributed by atoms with Crippen LogP contribution in [0.1, 0.15) is 28.7 Å². The van der Waals surface area contributed by atoms with Crippen LogP contribution in [0.4, 0.5) is 5.69 Å². The molecule has 0 saturated carbocycles. The average molecular weight is 461 g/mol. The van der Waals surface area contributed by atoms with E-state index in [0.717, 1.165) is 16.8 Å². The molecule has 3 aromatic carbocycles. The molecule has 2 aliphatic heterocycles. The number of nitrogens with one attached hydrogen (secondary N) is 1. The van der Waals surface area contributed by atoms with Crippen molar-refractivity contribution in [2.45, 2.75) is 12.0 Å². The third kappa shape index (κ3) is 3.09. The van der Waals surface area contributed by atoms with E-state index in [9.17, 15) is 15.0 Å². The highest BCUT2D eigenvalue weighted by atomic mass is 16.7.